The summed E-state index contributed by atoms with van der Waals surface area (Å²) < 4.78 is 7.94. The Morgan fingerprint density at radius 1 is 1.09 bits per heavy atom. The number of aryl methyl sites for hydroxylation is 1. The monoisotopic (exact) mass is 304 g/mol. The lowest BCUT2D eigenvalue weighted by molar-refractivity contribution is 0.445. The topological polar surface area (TPSA) is 55.7 Å². The molecule has 1 N–H and O–H groups in total. The van der Waals surface area contributed by atoms with Gasteiger partial charge in [-0.1, -0.05) is 0 Å². The standard InChI is InChI=1S/C18H16N4O/c1-12-13(2)19-8-7-17(12)23-18-20-15-6-5-14(11-16(15)21-18)22-9-3-4-10-22/h3-11H,1-2H3,(H,20,21). The first-order valence-electron chi connectivity index (χ1n) is 7.44. The molecule has 0 radical (unpaired) electrons. The minimum atomic E-state index is 0.485. The number of H-pyrrole nitrogens is 1. The highest BCUT2D eigenvalue weighted by Gasteiger charge is 2.09. The average molecular weight is 304 g/mol. The molecule has 4 aromatic rings. The largest absolute Gasteiger partial charge is 0.425 e. The maximum atomic E-state index is 5.89. The summed E-state index contributed by atoms with van der Waals surface area (Å²) in [6, 6.07) is 12.4. The molecule has 0 saturated carbocycles. The molecule has 0 unspecified atom stereocenters. The third-order valence-corrected chi connectivity index (χ3v) is 3.96. The zero-order valence-corrected chi connectivity index (χ0v) is 12.9. The van der Waals surface area contributed by atoms with E-state index in [1.165, 1.54) is 0 Å². The third-order valence-electron chi connectivity index (χ3n) is 3.96. The number of rotatable bonds is 3. The second-order valence-electron chi connectivity index (χ2n) is 5.46. The van der Waals surface area contributed by atoms with E-state index in [-0.39, 0.29) is 0 Å². The Kier molecular flexibility index (Phi) is 3.12. The fraction of sp³-hybridized carbons (Fsp3) is 0.111. The van der Waals surface area contributed by atoms with E-state index in [2.05, 4.69) is 25.6 Å². The summed E-state index contributed by atoms with van der Waals surface area (Å²) in [4.78, 5) is 12.0. The number of hydrogen-bond acceptors (Lipinski definition) is 3. The number of ether oxygens (including phenoxy) is 1. The molecule has 0 bridgehead atoms. The van der Waals surface area contributed by atoms with Gasteiger partial charge in [0, 0.05) is 35.5 Å². The molecular formula is C18H16N4O. The van der Waals surface area contributed by atoms with Crippen LogP contribution in [0, 0.1) is 13.8 Å². The fourth-order valence-corrected chi connectivity index (χ4v) is 2.52. The van der Waals surface area contributed by atoms with Crippen molar-refractivity contribution in [2.75, 3.05) is 0 Å². The molecule has 5 heteroatoms. The zero-order chi connectivity index (χ0) is 15.8. The Morgan fingerprint density at radius 3 is 2.74 bits per heavy atom. The summed E-state index contributed by atoms with van der Waals surface area (Å²) in [6.45, 7) is 3.95. The van der Waals surface area contributed by atoms with Crippen LogP contribution >= 0.6 is 0 Å². The lowest BCUT2D eigenvalue weighted by Crippen LogP contribution is -1.93. The molecule has 0 atom stereocenters. The summed E-state index contributed by atoms with van der Waals surface area (Å²) in [5.74, 6) is 0.766. The van der Waals surface area contributed by atoms with E-state index in [1.807, 2.05) is 56.6 Å². The van der Waals surface area contributed by atoms with E-state index < -0.39 is 0 Å². The van der Waals surface area contributed by atoms with Crippen molar-refractivity contribution in [1.82, 2.24) is 19.5 Å². The lowest BCUT2D eigenvalue weighted by Gasteiger charge is -2.06. The molecule has 5 nitrogen and oxygen atoms in total. The normalized spacial score (nSPS) is 11.0. The van der Waals surface area contributed by atoms with Crippen LogP contribution in [0.5, 0.6) is 11.8 Å². The SMILES string of the molecule is Cc1nccc(Oc2nc3ccc(-n4cccc4)cc3[nH]2)c1C. The van der Waals surface area contributed by atoms with Gasteiger partial charge in [0.05, 0.1) is 11.0 Å². The van der Waals surface area contributed by atoms with Crippen molar-refractivity contribution in [1.29, 1.82) is 0 Å². The number of fused-ring (bicyclic) bond motifs is 1. The van der Waals surface area contributed by atoms with Crippen LogP contribution in [0.3, 0.4) is 0 Å². The molecule has 0 saturated heterocycles. The number of nitrogens with one attached hydrogen (secondary N) is 1. The number of hydrogen-bond donors (Lipinski definition) is 1. The van der Waals surface area contributed by atoms with Crippen LogP contribution in [0.1, 0.15) is 11.3 Å². The zero-order valence-electron chi connectivity index (χ0n) is 12.9. The van der Waals surface area contributed by atoms with Gasteiger partial charge in [0.2, 0.25) is 0 Å². The highest BCUT2D eigenvalue weighted by molar-refractivity contribution is 5.78. The highest BCUT2D eigenvalue weighted by Crippen LogP contribution is 2.26. The first kappa shape index (κ1) is 13.6. The minimum absolute atomic E-state index is 0.485. The van der Waals surface area contributed by atoms with Crippen molar-refractivity contribution in [2.45, 2.75) is 13.8 Å². The molecule has 0 aliphatic rings. The first-order valence-corrected chi connectivity index (χ1v) is 7.44. The molecule has 1 aromatic carbocycles. The van der Waals surface area contributed by atoms with Crippen molar-refractivity contribution in [3.05, 3.63) is 66.2 Å². The van der Waals surface area contributed by atoms with Crippen LogP contribution in [0.15, 0.2) is 55.0 Å². The van der Waals surface area contributed by atoms with E-state index in [4.69, 9.17) is 4.74 Å². The van der Waals surface area contributed by atoms with Crippen molar-refractivity contribution < 1.29 is 4.74 Å². The van der Waals surface area contributed by atoms with Crippen LogP contribution in [0.25, 0.3) is 16.7 Å². The summed E-state index contributed by atoms with van der Waals surface area (Å²) in [5, 5.41) is 0. The maximum absolute atomic E-state index is 5.89. The van der Waals surface area contributed by atoms with Crippen molar-refractivity contribution in [3.8, 4) is 17.4 Å². The van der Waals surface area contributed by atoms with Gasteiger partial charge in [-0.25, -0.2) is 0 Å². The molecule has 0 amide bonds. The molecule has 0 spiro atoms. The Labute approximate surface area is 133 Å². The first-order chi connectivity index (χ1) is 11.2. The van der Waals surface area contributed by atoms with E-state index in [9.17, 15) is 0 Å². The second kappa shape index (κ2) is 5.28. The Bertz CT molecular complexity index is 970. The predicted octanol–water partition coefficient (Wildman–Crippen LogP) is 4.16. The summed E-state index contributed by atoms with van der Waals surface area (Å²) >= 11 is 0. The lowest BCUT2D eigenvalue weighted by atomic mass is 10.2. The maximum Gasteiger partial charge on any atom is 0.300 e. The van der Waals surface area contributed by atoms with Gasteiger partial charge >= 0.3 is 0 Å². The number of aromatic nitrogens is 4. The highest BCUT2D eigenvalue weighted by atomic mass is 16.5. The molecular weight excluding hydrogens is 288 g/mol. The molecule has 4 rings (SSSR count). The number of nitrogens with zero attached hydrogens (tertiary/aromatic N) is 3. The van der Waals surface area contributed by atoms with Gasteiger partial charge in [0.1, 0.15) is 5.75 Å². The molecule has 0 aliphatic carbocycles. The van der Waals surface area contributed by atoms with Gasteiger partial charge in [-0.05, 0) is 50.2 Å². The average Bonchev–Trinajstić information content (AvgIpc) is 3.20. The quantitative estimate of drug-likeness (QED) is 0.618. The van der Waals surface area contributed by atoms with Gasteiger partial charge < -0.3 is 14.3 Å². The third kappa shape index (κ3) is 2.46. The van der Waals surface area contributed by atoms with Crippen LogP contribution in [-0.2, 0) is 0 Å². The molecule has 23 heavy (non-hydrogen) atoms. The molecule has 3 heterocycles. The summed E-state index contributed by atoms with van der Waals surface area (Å²) in [7, 11) is 0. The fourth-order valence-electron chi connectivity index (χ4n) is 2.52. The smallest absolute Gasteiger partial charge is 0.300 e. The number of pyridine rings is 1. The van der Waals surface area contributed by atoms with E-state index in [0.717, 1.165) is 33.7 Å². The number of benzene rings is 1. The van der Waals surface area contributed by atoms with Crippen LogP contribution in [0.4, 0.5) is 0 Å². The molecule has 0 fully saturated rings. The van der Waals surface area contributed by atoms with Crippen molar-refractivity contribution in [2.24, 2.45) is 0 Å². The van der Waals surface area contributed by atoms with Crippen LogP contribution < -0.4 is 4.74 Å². The molecule has 0 aliphatic heterocycles. The molecule has 3 aromatic heterocycles. The second-order valence-corrected chi connectivity index (χ2v) is 5.46. The van der Waals surface area contributed by atoms with E-state index in [0.29, 0.717) is 6.01 Å². The van der Waals surface area contributed by atoms with Gasteiger partial charge in [0.15, 0.2) is 0 Å². The Hall–Kier alpha value is -3.08. The predicted molar refractivity (Wildman–Crippen MR) is 89.2 cm³/mol. The van der Waals surface area contributed by atoms with Gasteiger partial charge in [0.25, 0.3) is 6.01 Å². The minimum Gasteiger partial charge on any atom is -0.425 e. The Morgan fingerprint density at radius 2 is 1.91 bits per heavy atom. The number of aromatic amines is 1. The molecule has 114 valence electrons. The van der Waals surface area contributed by atoms with Gasteiger partial charge in [-0.3, -0.25) is 4.98 Å². The van der Waals surface area contributed by atoms with Crippen LogP contribution in [-0.4, -0.2) is 19.5 Å². The van der Waals surface area contributed by atoms with Gasteiger partial charge in [-0.15, -0.1) is 0 Å². The van der Waals surface area contributed by atoms with Crippen LogP contribution in [0.2, 0.25) is 0 Å². The summed E-state index contributed by atoms with van der Waals surface area (Å²) in [5.41, 5.74) is 4.86. The van der Waals surface area contributed by atoms with Crippen molar-refractivity contribution >= 4 is 11.0 Å². The van der Waals surface area contributed by atoms with Crippen molar-refractivity contribution in [3.63, 3.8) is 0 Å². The summed E-state index contributed by atoms with van der Waals surface area (Å²) in [6.07, 6.45) is 5.76. The van der Waals surface area contributed by atoms with Gasteiger partial charge in [-0.2, -0.15) is 4.98 Å². The number of imidazole rings is 1. The van der Waals surface area contributed by atoms with E-state index in [1.54, 1.807) is 6.20 Å². The Balaban J connectivity index is 1.70. The van der Waals surface area contributed by atoms with E-state index >= 15 is 0 Å².